The molecule has 10 aromatic carbocycles. The topological polar surface area (TPSA) is 8.17 Å². The number of anilines is 3. The lowest BCUT2D eigenvalue weighted by atomic mass is 9.91. The van der Waals surface area contributed by atoms with Crippen LogP contribution in [0.1, 0.15) is 0 Å². The molecule has 0 spiro atoms. The molecule has 2 nitrogen and oxygen atoms in total. The van der Waals surface area contributed by atoms with Gasteiger partial charge in [-0.15, -0.1) is 11.3 Å². The van der Waals surface area contributed by atoms with Gasteiger partial charge in [-0.2, -0.15) is 0 Å². The van der Waals surface area contributed by atoms with Crippen LogP contribution in [-0.2, 0) is 0 Å². The van der Waals surface area contributed by atoms with Crippen molar-refractivity contribution < 1.29 is 0 Å². The standard InChI is InChI=1S/C56H36N2S/c1-2-12-37(13-3-1)46-20-10-16-39-17-11-21-47(56(39)46)38-24-26-42(27-25-38)57(45-32-33-50-49-19-7-9-23-54(49)59-55(50)36-45)43-28-30-44(31-29-43)58-52-22-8-6-18-48(52)51-34-40-14-4-5-15-41(40)35-53(51)58/h1-36H. The lowest BCUT2D eigenvalue weighted by molar-refractivity contribution is 1.17. The summed E-state index contributed by atoms with van der Waals surface area (Å²) >= 11 is 1.86. The molecular weight excluding hydrogens is 733 g/mol. The van der Waals surface area contributed by atoms with Gasteiger partial charge in [0.05, 0.1) is 11.0 Å². The molecule has 0 radical (unpaired) electrons. The van der Waals surface area contributed by atoms with Crippen LogP contribution in [0.15, 0.2) is 218 Å². The van der Waals surface area contributed by atoms with Crippen molar-refractivity contribution in [3.8, 4) is 27.9 Å². The Balaban J connectivity index is 1.00. The Kier molecular flexibility index (Phi) is 7.75. The Morgan fingerprint density at radius 1 is 0.339 bits per heavy atom. The van der Waals surface area contributed by atoms with Gasteiger partial charge in [0, 0.05) is 53.7 Å². The zero-order valence-electron chi connectivity index (χ0n) is 32.1. The third-order valence-electron chi connectivity index (χ3n) is 12.0. The van der Waals surface area contributed by atoms with E-state index >= 15 is 0 Å². The van der Waals surface area contributed by atoms with Crippen molar-refractivity contribution in [2.24, 2.45) is 0 Å². The molecule has 0 bridgehead atoms. The molecule has 0 unspecified atom stereocenters. The molecular formula is C56H36N2S. The number of nitrogens with zero attached hydrogens (tertiary/aromatic N) is 2. The number of hydrogen-bond donors (Lipinski definition) is 0. The van der Waals surface area contributed by atoms with Crippen molar-refractivity contribution in [2.45, 2.75) is 0 Å². The highest BCUT2D eigenvalue weighted by atomic mass is 32.1. The molecule has 2 heterocycles. The molecule has 0 aliphatic heterocycles. The van der Waals surface area contributed by atoms with Gasteiger partial charge in [0.1, 0.15) is 0 Å². The monoisotopic (exact) mass is 768 g/mol. The molecule has 0 saturated carbocycles. The molecule has 276 valence electrons. The fourth-order valence-corrected chi connectivity index (χ4v) is 10.4. The van der Waals surface area contributed by atoms with Crippen molar-refractivity contribution in [2.75, 3.05) is 4.90 Å². The Morgan fingerprint density at radius 3 is 1.68 bits per heavy atom. The van der Waals surface area contributed by atoms with Gasteiger partial charge in [0.2, 0.25) is 0 Å². The summed E-state index contributed by atoms with van der Waals surface area (Å²) < 4.78 is 5.00. The van der Waals surface area contributed by atoms with Crippen molar-refractivity contribution >= 4 is 91.9 Å². The van der Waals surface area contributed by atoms with Crippen LogP contribution in [0.5, 0.6) is 0 Å². The Morgan fingerprint density at radius 2 is 0.915 bits per heavy atom. The summed E-state index contributed by atoms with van der Waals surface area (Å²) in [6.07, 6.45) is 0. The lowest BCUT2D eigenvalue weighted by Gasteiger charge is -2.26. The molecule has 0 atom stereocenters. The first-order valence-corrected chi connectivity index (χ1v) is 21.0. The molecule has 0 N–H and O–H groups in total. The summed E-state index contributed by atoms with van der Waals surface area (Å²) in [6.45, 7) is 0. The number of rotatable bonds is 6. The van der Waals surface area contributed by atoms with Gasteiger partial charge in [0.25, 0.3) is 0 Å². The maximum atomic E-state index is 2.41. The normalized spacial score (nSPS) is 11.7. The van der Waals surface area contributed by atoms with Crippen LogP contribution in [0.4, 0.5) is 17.1 Å². The predicted octanol–water partition coefficient (Wildman–Crippen LogP) is 16.3. The smallest absolute Gasteiger partial charge is 0.0547 e. The summed E-state index contributed by atoms with van der Waals surface area (Å²) in [5, 5.41) is 10.1. The van der Waals surface area contributed by atoms with E-state index in [1.165, 1.54) is 85.8 Å². The van der Waals surface area contributed by atoms with E-state index in [1.807, 2.05) is 11.3 Å². The van der Waals surface area contributed by atoms with E-state index in [4.69, 9.17) is 0 Å². The Bertz CT molecular complexity index is 3540. The highest BCUT2D eigenvalue weighted by Crippen LogP contribution is 2.43. The first-order valence-electron chi connectivity index (χ1n) is 20.2. The van der Waals surface area contributed by atoms with Crippen LogP contribution in [0.2, 0.25) is 0 Å². The molecule has 12 aromatic rings. The maximum absolute atomic E-state index is 2.41. The third-order valence-corrected chi connectivity index (χ3v) is 13.1. The molecule has 3 heteroatoms. The first kappa shape index (κ1) is 33.7. The SMILES string of the molecule is c1ccc(-c2cccc3cccc(-c4ccc(N(c5ccc(-n6c7ccccc7c7cc8ccccc8cc76)cc5)c5ccc6c(c5)sc5ccccc56)cc4)c23)cc1. The summed E-state index contributed by atoms with van der Waals surface area (Å²) in [7, 11) is 0. The van der Waals surface area contributed by atoms with E-state index < -0.39 is 0 Å². The van der Waals surface area contributed by atoms with E-state index in [9.17, 15) is 0 Å². The van der Waals surface area contributed by atoms with E-state index in [2.05, 4.69) is 228 Å². The average Bonchev–Trinajstić information content (AvgIpc) is 3.83. The quantitative estimate of drug-likeness (QED) is 0.164. The van der Waals surface area contributed by atoms with E-state index in [0.29, 0.717) is 0 Å². The highest BCUT2D eigenvalue weighted by Gasteiger charge is 2.18. The van der Waals surface area contributed by atoms with E-state index in [-0.39, 0.29) is 0 Å². The van der Waals surface area contributed by atoms with Crippen molar-refractivity contribution in [1.29, 1.82) is 0 Å². The maximum Gasteiger partial charge on any atom is 0.0547 e. The van der Waals surface area contributed by atoms with Crippen LogP contribution >= 0.6 is 11.3 Å². The zero-order chi connectivity index (χ0) is 38.9. The lowest BCUT2D eigenvalue weighted by Crippen LogP contribution is -2.10. The highest BCUT2D eigenvalue weighted by molar-refractivity contribution is 7.25. The molecule has 0 aliphatic carbocycles. The van der Waals surface area contributed by atoms with Crippen LogP contribution in [0, 0.1) is 0 Å². The van der Waals surface area contributed by atoms with E-state index in [1.54, 1.807) is 0 Å². The minimum atomic E-state index is 1.10. The van der Waals surface area contributed by atoms with Crippen molar-refractivity contribution in [3.05, 3.63) is 218 Å². The molecule has 0 aliphatic rings. The third kappa shape index (κ3) is 5.55. The fourth-order valence-electron chi connectivity index (χ4n) is 9.21. The molecule has 0 saturated heterocycles. The Labute approximate surface area is 346 Å². The Hall–Kier alpha value is -7.46. The number of fused-ring (bicyclic) bond motifs is 8. The van der Waals surface area contributed by atoms with Crippen LogP contribution < -0.4 is 4.90 Å². The number of benzene rings is 10. The number of para-hydroxylation sites is 1. The molecule has 0 fully saturated rings. The molecule has 0 amide bonds. The summed E-state index contributed by atoms with van der Waals surface area (Å²) in [6, 6.07) is 80.0. The summed E-state index contributed by atoms with van der Waals surface area (Å²) in [5.41, 5.74) is 11.8. The molecule has 59 heavy (non-hydrogen) atoms. The average molecular weight is 769 g/mol. The van der Waals surface area contributed by atoms with Crippen LogP contribution in [-0.4, -0.2) is 4.57 Å². The minimum absolute atomic E-state index is 1.10. The summed E-state index contributed by atoms with van der Waals surface area (Å²) in [4.78, 5) is 2.40. The van der Waals surface area contributed by atoms with Gasteiger partial charge < -0.3 is 9.47 Å². The second-order valence-corrected chi connectivity index (χ2v) is 16.4. The predicted molar refractivity (Wildman–Crippen MR) is 254 cm³/mol. The van der Waals surface area contributed by atoms with Gasteiger partial charge in [-0.25, -0.2) is 0 Å². The number of hydrogen-bond acceptors (Lipinski definition) is 2. The van der Waals surface area contributed by atoms with Crippen LogP contribution in [0.25, 0.3) is 91.5 Å². The van der Waals surface area contributed by atoms with Gasteiger partial charge in [-0.1, -0.05) is 146 Å². The second kappa shape index (κ2) is 13.6. The van der Waals surface area contributed by atoms with Gasteiger partial charge in [0.15, 0.2) is 0 Å². The summed E-state index contributed by atoms with van der Waals surface area (Å²) in [5.74, 6) is 0. The number of aromatic nitrogens is 1. The second-order valence-electron chi connectivity index (χ2n) is 15.3. The van der Waals surface area contributed by atoms with Crippen LogP contribution in [0.3, 0.4) is 0 Å². The van der Waals surface area contributed by atoms with Crippen molar-refractivity contribution in [1.82, 2.24) is 4.57 Å². The van der Waals surface area contributed by atoms with Gasteiger partial charge in [-0.3, -0.25) is 0 Å². The van der Waals surface area contributed by atoms with Gasteiger partial charge in [-0.05, 0) is 117 Å². The fraction of sp³-hybridized carbons (Fsp3) is 0. The minimum Gasteiger partial charge on any atom is -0.310 e. The van der Waals surface area contributed by atoms with Gasteiger partial charge >= 0.3 is 0 Å². The van der Waals surface area contributed by atoms with Crippen molar-refractivity contribution in [3.63, 3.8) is 0 Å². The first-order chi connectivity index (χ1) is 29.2. The largest absolute Gasteiger partial charge is 0.310 e. The molecule has 12 rings (SSSR count). The van der Waals surface area contributed by atoms with E-state index in [0.717, 1.165) is 22.7 Å². The molecule has 2 aromatic heterocycles. The number of thiophene rings is 1. The zero-order valence-corrected chi connectivity index (χ0v) is 32.9.